The highest BCUT2D eigenvalue weighted by Crippen LogP contribution is 2.20. The summed E-state index contributed by atoms with van der Waals surface area (Å²) in [5.74, 6) is -1.41. The van der Waals surface area contributed by atoms with Crippen LogP contribution in [0.25, 0.3) is 10.9 Å². The molecule has 0 radical (unpaired) electrons. The third-order valence-electron chi connectivity index (χ3n) is 2.49. The number of aliphatic carboxylic acids is 1. The fourth-order valence-corrected chi connectivity index (χ4v) is 1.64. The van der Waals surface area contributed by atoms with Crippen molar-refractivity contribution in [2.75, 3.05) is 0 Å². The second-order valence-electron chi connectivity index (χ2n) is 3.65. The first-order valence-corrected chi connectivity index (χ1v) is 4.82. The van der Waals surface area contributed by atoms with Crippen LogP contribution in [0.2, 0.25) is 0 Å². The van der Waals surface area contributed by atoms with Crippen molar-refractivity contribution < 1.29 is 14.3 Å². The van der Waals surface area contributed by atoms with Gasteiger partial charge in [-0.3, -0.25) is 4.79 Å². The molecule has 0 aliphatic heterocycles. The third-order valence-corrected chi connectivity index (χ3v) is 2.49. The molecule has 4 nitrogen and oxygen atoms in total. The van der Waals surface area contributed by atoms with Crippen molar-refractivity contribution in [2.24, 2.45) is 5.73 Å². The second kappa shape index (κ2) is 5.16. The number of benzene rings is 1. The third kappa shape index (κ3) is 2.75. The Morgan fingerprint density at radius 3 is 2.88 bits per heavy atom. The number of aromatic amines is 1. The van der Waals surface area contributed by atoms with E-state index >= 15 is 0 Å². The second-order valence-corrected chi connectivity index (χ2v) is 3.65. The summed E-state index contributed by atoms with van der Waals surface area (Å²) in [5.41, 5.74) is 6.91. The SMILES string of the molecule is Cl.N[C@H](Cc1c[nH]c2ccc(F)cc12)C(=O)O. The van der Waals surface area contributed by atoms with E-state index in [1.54, 1.807) is 12.3 Å². The molecule has 0 unspecified atom stereocenters. The summed E-state index contributed by atoms with van der Waals surface area (Å²) in [6.07, 6.45) is 1.84. The first kappa shape index (κ1) is 13.5. The number of fused-ring (bicyclic) bond motifs is 1. The molecule has 0 fully saturated rings. The summed E-state index contributed by atoms with van der Waals surface area (Å²) in [6, 6.07) is 3.36. The Labute approximate surface area is 103 Å². The number of halogens is 2. The number of hydrogen-bond acceptors (Lipinski definition) is 2. The zero-order chi connectivity index (χ0) is 11.7. The van der Waals surface area contributed by atoms with E-state index in [4.69, 9.17) is 10.8 Å². The zero-order valence-electron chi connectivity index (χ0n) is 8.81. The van der Waals surface area contributed by atoms with Crippen LogP contribution in [0.15, 0.2) is 24.4 Å². The molecule has 2 aromatic rings. The number of carboxylic acids is 1. The van der Waals surface area contributed by atoms with Crippen LogP contribution in [-0.4, -0.2) is 22.1 Å². The van der Waals surface area contributed by atoms with Crippen molar-refractivity contribution in [3.8, 4) is 0 Å². The van der Waals surface area contributed by atoms with Crippen LogP contribution in [-0.2, 0) is 11.2 Å². The maximum absolute atomic E-state index is 13.0. The number of hydrogen-bond donors (Lipinski definition) is 3. The summed E-state index contributed by atoms with van der Waals surface area (Å²) in [5, 5.41) is 9.38. The predicted molar refractivity (Wildman–Crippen MR) is 64.8 cm³/mol. The first-order chi connectivity index (χ1) is 7.58. The Bertz CT molecular complexity index is 541. The Balaban J connectivity index is 0.00000144. The highest BCUT2D eigenvalue weighted by molar-refractivity contribution is 5.85. The maximum atomic E-state index is 13.0. The molecule has 0 aliphatic rings. The zero-order valence-corrected chi connectivity index (χ0v) is 9.63. The lowest BCUT2D eigenvalue weighted by Crippen LogP contribution is -2.32. The van der Waals surface area contributed by atoms with Gasteiger partial charge in [-0.1, -0.05) is 0 Å². The molecule has 0 saturated carbocycles. The number of carbonyl (C=O) groups is 1. The minimum Gasteiger partial charge on any atom is -0.480 e. The molecule has 0 amide bonds. The highest BCUT2D eigenvalue weighted by Gasteiger charge is 2.14. The lowest BCUT2D eigenvalue weighted by atomic mass is 10.1. The Kier molecular flexibility index (Phi) is 4.09. The Hall–Kier alpha value is -1.59. The summed E-state index contributed by atoms with van der Waals surface area (Å²) in [7, 11) is 0. The molecule has 1 aromatic heterocycles. The highest BCUT2D eigenvalue weighted by atomic mass is 35.5. The molecule has 2 rings (SSSR count). The van der Waals surface area contributed by atoms with E-state index in [-0.39, 0.29) is 24.6 Å². The maximum Gasteiger partial charge on any atom is 0.320 e. The molecule has 0 saturated heterocycles. The fraction of sp³-hybridized carbons (Fsp3) is 0.182. The van der Waals surface area contributed by atoms with Gasteiger partial charge in [-0.2, -0.15) is 0 Å². The predicted octanol–water partition coefficient (Wildman–Crippen LogP) is 1.68. The molecule has 1 atom stereocenters. The molecular formula is C11H12ClFN2O2. The van der Waals surface area contributed by atoms with Crippen LogP contribution in [0, 0.1) is 5.82 Å². The van der Waals surface area contributed by atoms with Gasteiger partial charge in [0, 0.05) is 23.5 Å². The van der Waals surface area contributed by atoms with Gasteiger partial charge in [-0.25, -0.2) is 4.39 Å². The molecule has 92 valence electrons. The van der Waals surface area contributed by atoms with Gasteiger partial charge in [-0.15, -0.1) is 12.4 Å². The van der Waals surface area contributed by atoms with Gasteiger partial charge in [0.1, 0.15) is 11.9 Å². The van der Waals surface area contributed by atoms with Crippen LogP contribution in [0.1, 0.15) is 5.56 Å². The van der Waals surface area contributed by atoms with Gasteiger partial charge in [-0.05, 0) is 23.8 Å². The molecule has 0 spiro atoms. The van der Waals surface area contributed by atoms with Gasteiger partial charge >= 0.3 is 5.97 Å². The van der Waals surface area contributed by atoms with Crippen molar-refractivity contribution in [3.63, 3.8) is 0 Å². The van der Waals surface area contributed by atoms with Crippen LogP contribution in [0.5, 0.6) is 0 Å². The topological polar surface area (TPSA) is 79.1 Å². The van der Waals surface area contributed by atoms with Gasteiger partial charge in [0.05, 0.1) is 0 Å². The van der Waals surface area contributed by atoms with Crippen molar-refractivity contribution in [2.45, 2.75) is 12.5 Å². The number of nitrogens with two attached hydrogens (primary N) is 1. The number of H-pyrrole nitrogens is 1. The largest absolute Gasteiger partial charge is 0.480 e. The van der Waals surface area contributed by atoms with Crippen molar-refractivity contribution in [1.82, 2.24) is 4.98 Å². The van der Waals surface area contributed by atoms with Crippen LogP contribution in [0.3, 0.4) is 0 Å². The van der Waals surface area contributed by atoms with E-state index in [9.17, 15) is 9.18 Å². The summed E-state index contributed by atoms with van der Waals surface area (Å²) in [6.45, 7) is 0. The minimum atomic E-state index is -1.06. The number of rotatable bonds is 3. The Morgan fingerprint density at radius 1 is 1.53 bits per heavy atom. The van der Waals surface area contributed by atoms with Crippen molar-refractivity contribution in [1.29, 1.82) is 0 Å². The molecule has 1 aromatic carbocycles. The van der Waals surface area contributed by atoms with E-state index in [1.165, 1.54) is 12.1 Å². The molecular weight excluding hydrogens is 247 g/mol. The molecule has 6 heteroatoms. The summed E-state index contributed by atoms with van der Waals surface area (Å²) >= 11 is 0. The summed E-state index contributed by atoms with van der Waals surface area (Å²) < 4.78 is 13.0. The van der Waals surface area contributed by atoms with E-state index in [0.717, 1.165) is 5.52 Å². The van der Waals surface area contributed by atoms with Crippen molar-refractivity contribution >= 4 is 29.3 Å². The Morgan fingerprint density at radius 2 is 2.24 bits per heavy atom. The number of nitrogens with one attached hydrogen (secondary N) is 1. The molecule has 0 bridgehead atoms. The summed E-state index contributed by atoms with van der Waals surface area (Å²) in [4.78, 5) is 13.6. The average Bonchev–Trinajstić information content (AvgIpc) is 2.61. The monoisotopic (exact) mass is 258 g/mol. The number of carboxylic acid groups (broad SMARTS) is 1. The molecule has 4 N–H and O–H groups in total. The first-order valence-electron chi connectivity index (χ1n) is 4.82. The standard InChI is InChI=1S/C11H11FN2O2.ClH/c12-7-1-2-10-8(4-7)6(5-14-10)3-9(13)11(15)16;/h1-2,4-5,9,14H,3,13H2,(H,15,16);1H/t9-;/m1./s1. The van der Waals surface area contributed by atoms with E-state index in [2.05, 4.69) is 4.98 Å². The van der Waals surface area contributed by atoms with Crippen LogP contribution in [0.4, 0.5) is 4.39 Å². The van der Waals surface area contributed by atoms with Crippen LogP contribution < -0.4 is 5.73 Å². The van der Waals surface area contributed by atoms with E-state index < -0.39 is 12.0 Å². The van der Waals surface area contributed by atoms with Gasteiger partial charge in [0.15, 0.2) is 0 Å². The van der Waals surface area contributed by atoms with Crippen molar-refractivity contribution in [3.05, 3.63) is 35.8 Å². The van der Waals surface area contributed by atoms with Gasteiger partial charge in [0.2, 0.25) is 0 Å². The normalized spacial score (nSPS) is 12.1. The molecule has 1 heterocycles. The van der Waals surface area contributed by atoms with Gasteiger partial charge in [0.25, 0.3) is 0 Å². The van der Waals surface area contributed by atoms with E-state index in [1.807, 2.05) is 0 Å². The minimum absolute atomic E-state index is 0. The smallest absolute Gasteiger partial charge is 0.320 e. The lowest BCUT2D eigenvalue weighted by Gasteiger charge is -2.04. The van der Waals surface area contributed by atoms with E-state index in [0.29, 0.717) is 10.9 Å². The fourth-order valence-electron chi connectivity index (χ4n) is 1.64. The molecule has 17 heavy (non-hydrogen) atoms. The lowest BCUT2D eigenvalue weighted by molar-refractivity contribution is -0.138. The molecule has 0 aliphatic carbocycles. The quantitative estimate of drug-likeness (QED) is 0.784. The average molecular weight is 259 g/mol. The number of aromatic nitrogens is 1. The van der Waals surface area contributed by atoms with Crippen LogP contribution >= 0.6 is 12.4 Å². The van der Waals surface area contributed by atoms with Gasteiger partial charge < -0.3 is 15.8 Å².